The van der Waals surface area contributed by atoms with Gasteiger partial charge in [-0.1, -0.05) is 12.1 Å². The molecule has 1 aliphatic heterocycles. The normalized spacial score (nSPS) is 25.1. The van der Waals surface area contributed by atoms with Gasteiger partial charge in [0, 0.05) is 19.5 Å². The molecule has 0 atom stereocenters. The Morgan fingerprint density at radius 1 is 1.25 bits per heavy atom. The van der Waals surface area contributed by atoms with Crippen molar-refractivity contribution in [1.82, 2.24) is 5.32 Å². The van der Waals surface area contributed by atoms with Gasteiger partial charge in [0.25, 0.3) is 0 Å². The largest absolute Gasteiger partial charge is 0.487 e. The van der Waals surface area contributed by atoms with Crippen LogP contribution in [0.1, 0.15) is 50.7 Å². The van der Waals surface area contributed by atoms with Crippen molar-refractivity contribution < 1.29 is 4.74 Å². The molecule has 0 bridgehead atoms. The maximum atomic E-state index is 5.94. The molecule has 2 fully saturated rings. The smallest absolute Gasteiger partial charge is 0.123 e. The van der Waals surface area contributed by atoms with Gasteiger partial charge in [0.15, 0.2) is 0 Å². The van der Waals surface area contributed by atoms with Crippen LogP contribution < -0.4 is 10.1 Å². The number of fused-ring (bicyclic) bond motifs is 1. The van der Waals surface area contributed by atoms with Crippen molar-refractivity contribution in [2.24, 2.45) is 11.3 Å². The Labute approximate surface area is 121 Å². The maximum Gasteiger partial charge on any atom is 0.123 e. The lowest BCUT2D eigenvalue weighted by Crippen LogP contribution is -2.25. The summed E-state index contributed by atoms with van der Waals surface area (Å²) in [4.78, 5) is 0. The van der Waals surface area contributed by atoms with Gasteiger partial charge in [-0.3, -0.25) is 0 Å². The average Bonchev–Trinajstić information content (AvgIpc) is 3.23. The lowest BCUT2D eigenvalue weighted by atomic mass is 9.99. The van der Waals surface area contributed by atoms with Crippen LogP contribution in [-0.4, -0.2) is 12.1 Å². The second-order valence-electron chi connectivity index (χ2n) is 7.72. The average molecular weight is 271 g/mol. The third-order valence-electron chi connectivity index (χ3n) is 5.27. The van der Waals surface area contributed by atoms with Crippen LogP contribution in [0.4, 0.5) is 0 Å². The highest BCUT2D eigenvalue weighted by Gasteiger charge is 2.53. The minimum atomic E-state index is -0.0293. The monoisotopic (exact) mass is 271 g/mol. The Kier molecular flexibility index (Phi) is 2.69. The molecule has 1 heterocycles. The van der Waals surface area contributed by atoms with E-state index in [9.17, 15) is 0 Å². The van der Waals surface area contributed by atoms with Crippen LogP contribution in [0.2, 0.25) is 0 Å². The van der Waals surface area contributed by atoms with Crippen molar-refractivity contribution in [2.45, 2.75) is 58.1 Å². The first-order valence-corrected chi connectivity index (χ1v) is 8.08. The molecule has 108 valence electrons. The number of nitrogens with one attached hydrogen (secondary N) is 1. The molecule has 0 aromatic heterocycles. The summed E-state index contributed by atoms with van der Waals surface area (Å²) in [6, 6.07) is 6.69. The van der Waals surface area contributed by atoms with Crippen molar-refractivity contribution in [2.75, 3.05) is 6.54 Å². The van der Waals surface area contributed by atoms with Gasteiger partial charge in [-0.15, -0.1) is 0 Å². The van der Waals surface area contributed by atoms with Gasteiger partial charge >= 0.3 is 0 Å². The van der Waals surface area contributed by atoms with Crippen molar-refractivity contribution in [3.63, 3.8) is 0 Å². The fourth-order valence-electron chi connectivity index (χ4n) is 3.81. The number of hydrogen-bond acceptors (Lipinski definition) is 2. The van der Waals surface area contributed by atoms with Crippen molar-refractivity contribution in [3.8, 4) is 5.75 Å². The van der Waals surface area contributed by atoms with E-state index in [4.69, 9.17) is 4.74 Å². The number of rotatable bonds is 5. The topological polar surface area (TPSA) is 21.3 Å². The Bertz CT molecular complexity index is 526. The van der Waals surface area contributed by atoms with E-state index < -0.39 is 0 Å². The van der Waals surface area contributed by atoms with Crippen LogP contribution in [0.3, 0.4) is 0 Å². The molecule has 1 aromatic carbocycles. The van der Waals surface area contributed by atoms with E-state index in [-0.39, 0.29) is 5.60 Å². The van der Waals surface area contributed by atoms with E-state index in [1.165, 1.54) is 43.4 Å². The predicted molar refractivity (Wildman–Crippen MR) is 81.0 cm³/mol. The quantitative estimate of drug-likeness (QED) is 0.882. The highest BCUT2D eigenvalue weighted by Crippen LogP contribution is 2.60. The molecule has 2 heteroatoms. The molecule has 1 N–H and O–H groups in total. The first-order chi connectivity index (χ1) is 9.56. The summed E-state index contributed by atoms with van der Waals surface area (Å²) in [5.41, 5.74) is 3.44. The minimum Gasteiger partial charge on any atom is -0.487 e. The maximum absolute atomic E-state index is 5.94. The summed E-state index contributed by atoms with van der Waals surface area (Å²) in [6.07, 6.45) is 6.90. The van der Waals surface area contributed by atoms with Gasteiger partial charge in [0.2, 0.25) is 0 Å². The molecular formula is C18H25NO. The van der Waals surface area contributed by atoms with Crippen LogP contribution in [0, 0.1) is 11.3 Å². The fourth-order valence-corrected chi connectivity index (χ4v) is 3.81. The summed E-state index contributed by atoms with van der Waals surface area (Å²) in [5, 5.41) is 3.70. The van der Waals surface area contributed by atoms with E-state index in [2.05, 4.69) is 37.4 Å². The molecule has 3 aliphatic rings. The third kappa shape index (κ3) is 2.35. The minimum absolute atomic E-state index is 0.0293. The Hall–Kier alpha value is -1.02. The third-order valence-corrected chi connectivity index (χ3v) is 5.27. The van der Waals surface area contributed by atoms with Gasteiger partial charge in [-0.25, -0.2) is 0 Å². The second kappa shape index (κ2) is 4.24. The van der Waals surface area contributed by atoms with Crippen LogP contribution in [0.5, 0.6) is 5.75 Å². The molecule has 0 radical (unpaired) electrons. The van der Waals surface area contributed by atoms with Crippen molar-refractivity contribution >= 4 is 0 Å². The summed E-state index contributed by atoms with van der Waals surface area (Å²) >= 11 is 0. The lowest BCUT2D eigenvalue weighted by molar-refractivity contribution is 0.138. The molecule has 2 saturated carbocycles. The summed E-state index contributed by atoms with van der Waals surface area (Å²) < 4.78 is 5.94. The number of ether oxygens (including phenoxy) is 1. The zero-order chi connectivity index (χ0) is 13.8. The molecule has 0 amide bonds. The van der Waals surface area contributed by atoms with E-state index in [0.29, 0.717) is 5.41 Å². The number of benzene rings is 1. The van der Waals surface area contributed by atoms with Crippen molar-refractivity contribution in [3.05, 3.63) is 29.3 Å². The van der Waals surface area contributed by atoms with E-state index >= 15 is 0 Å². The van der Waals surface area contributed by atoms with Gasteiger partial charge in [0.1, 0.15) is 11.4 Å². The molecule has 1 aromatic rings. The Morgan fingerprint density at radius 3 is 2.75 bits per heavy atom. The molecule has 0 unspecified atom stereocenters. The highest BCUT2D eigenvalue weighted by atomic mass is 16.5. The first kappa shape index (κ1) is 12.7. The molecule has 0 spiro atoms. The highest BCUT2D eigenvalue weighted by molar-refractivity contribution is 5.41. The molecular weight excluding hydrogens is 246 g/mol. The van der Waals surface area contributed by atoms with E-state index in [0.717, 1.165) is 24.6 Å². The Morgan fingerprint density at radius 2 is 2.05 bits per heavy atom. The second-order valence-corrected chi connectivity index (χ2v) is 7.72. The van der Waals surface area contributed by atoms with Gasteiger partial charge < -0.3 is 10.1 Å². The SMILES string of the molecule is CC1(C)Cc2cc(CNCC3(C4CC4)CC3)ccc2O1. The zero-order valence-corrected chi connectivity index (χ0v) is 12.7. The molecule has 2 aliphatic carbocycles. The molecule has 20 heavy (non-hydrogen) atoms. The predicted octanol–water partition coefficient (Wildman–Crippen LogP) is 3.68. The summed E-state index contributed by atoms with van der Waals surface area (Å²) in [6.45, 7) is 6.55. The van der Waals surface area contributed by atoms with Gasteiger partial charge in [-0.05, 0) is 68.1 Å². The van der Waals surface area contributed by atoms with Gasteiger partial charge in [-0.2, -0.15) is 0 Å². The summed E-state index contributed by atoms with van der Waals surface area (Å²) in [7, 11) is 0. The molecule has 2 nitrogen and oxygen atoms in total. The zero-order valence-electron chi connectivity index (χ0n) is 12.7. The summed E-state index contributed by atoms with van der Waals surface area (Å²) in [5.74, 6) is 2.12. The van der Waals surface area contributed by atoms with Crippen LogP contribution >= 0.6 is 0 Å². The Balaban J connectivity index is 1.36. The lowest BCUT2D eigenvalue weighted by Gasteiger charge is -2.16. The van der Waals surface area contributed by atoms with Crippen LogP contribution in [-0.2, 0) is 13.0 Å². The molecule has 0 saturated heterocycles. The van der Waals surface area contributed by atoms with Gasteiger partial charge in [0.05, 0.1) is 0 Å². The van der Waals surface area contributed by atoms with E-state index in [1.54, 1.807) is 0 Å². The van der Waals surface area contributed by atoms with Crippen LogP contribution in [0.15, 0.2) is 18.2 Å². The first-order valence-electron chi connectivity index (χ1n) is 8.08. The van der Waals surface area contributed by atoms with Crippen molar-refractivity contribution in [1.29, 1.82) is 0 Å². The fraction of sp³-hybridized carbons (Fsp3) is 0.667. The van der Waals surface area contributed by atoms with Crippen LogP contribution in [0.25, 0.3) is 0 Å². The standard InChI is InChI=1S/C18H25NO/c1-17(2)10-14-9-13(3-6-16(14)20-17)11-19-12-18(7-8-18)15-4-5-15/h3,6,9,15,19H,4-5,7-8,10-12H2,1-2H3. The number of hydrogen-bond donors (Lipinski definition) is 1. The van der Waals surface area contributed by atoms with E-state index in [1.807, 2.05) is 0 Å². The molecule has 4 rings (SSSR count).